The summed E-state index contributed by atoms with van der Waals surface area (Å²) >= 11 is 0. The van der Waals surface area contributed by atoms with E-state index in [1.165, 1.54) is 0 Å². The summed E-state index contributed by atoms with van der Waals surface area (Å²) in [6.45, 7) is 0.496. The lowest BCUT2D eigenvalue weighted by Crippen LogP contribution is -2.23. The van der Waals surface area contributed by atoms with E-state index in [-0.39, 0.29) is 5.91 Å². The molecule has 88 valence electrons. The first kappa shape index (κ1) is 10.5. The number of aromatic nitrogens is 3. The topological polar surface area (TPSA) is 83.6 Å². The predicted molar refractivity (Wildman–Crippen MR) is 63.4 cm³/mol. The summed E-state index contributed by atoms with van der Waals surface area (Å²) in [6.07, 6.45) is 3.69. The Kier molecular flexibility index (Phi) is 2.31. The van der Waals surface area contributed by atoms with E-state index in [0.29, 0.717) is 30.0 Å². The first-order valence-electron chi connectivity index (χ1n) is 5.51. The largest absolute Gasteiger partial charge is 0.310 e. The maximum absolute atomic E-state index is 11.4. The molecule has 1 aliphatic rings. The van der Waals surface area contributed by atoms with Gasteiger partial charge in [0.05, 0.1) is 6.54 Å². The summed E-state index contributed by atoms with van der Waals surface area (Å²) < 4.78 is 1.66. The Labute approximate surface area is 103 Å². The molecule has 18 heavy (non-hydrogen) atoms. The van der Waals surface area contributed by atoms with Crippen molar-refractivity contribution in [2.45, 2.75) is 13.0 Å². The Morgan fingerprint density at radius 3 is 3.11 bits per heavy atom. The normalized spacial score (nSPS) is 13.6. The number of anilines is 1. The number of nitrogens with one attached hydrogen (secondary N) is 1. The Morgan fingerprint density at radius 1 is 1.50 bits per heavy atom. The lowest BCUT2D eigenvalue weighted by molar-refractivity contribution is -0.116. The van der Waals surface area contributed by atoms with Gasteiger partial charge in [-0.2, -0.15) is 10.4 Å². The van der Waals surface area contributed by atoms with Crippen LogP contribution in [-0.2, 0) is 11.3 Å². The number of nitriles is 1. The zero-order valence-corrected chi connectivity index (χ0v) is 9.42. The number of rotatable bonds is 1. The van der Waals surface area contributed by atoms with Gasteiger partial charge in [-0.25, -0.2) is 4.68 Å². The molecule has 0 fully saturated rings. The van der Waals surface area contributed by atoms with Crippen molar-refractivity contribution in [1.29, 1.82) is 5.26 Å². The zero-order valence-electron chi connectivity index (χ0n) is 9.42. The highest BCUT2D eigenvalue weighted by molar-refractivity contribution is 5.93. The quantitative estimate of drug-likeness (QED) is 0.809. The van der Waals surface area contributed by atoms with Crippen molar-refractivity contribution in [1.82, 2.24) is 14.8 Å². The summed E-state index contributed by atoms with van der Waals surface area (Å²) in [6, 6.07) is 5.72. The number of amides is 1. The molecule has 0 bridgehead atoms. The lowest BCUT2D eigenvalue weighted by atomic mass is 10.1. The van der Waals surface area contributed by atoms with Crippen LogP contribution < -0.4 is 5.32 Å². The van der Waals surface area contributed by atoms with Gasteiger partial charge in [0.15, 0.2) is 0 Å². The minimum atomic E-state index is -0.0864. The van der Waals surface area contributed by atoms with Gasteiger partial charge in [0.2, 0.25) is 5.91 Å². The van der Waals surface area contributed by atoms with Crippen LogP contribution >= 0.6 is 0 Å². The van der Waals surface area contributed by atoms with Crippen molar-refractivity contribution in [2.75, 3.05) is 5.32 Å². The molecule has 0 saturated heterocycles. The minimum absolute atomic E-state index is 0.0864. The lowest BCUT2D eigenvalue weighted by Gasteiger charge is -2.13. The van der Waals surface area contributed by atoms with Crippen LogP contribution in [0.3, 0.4) is 0 Å². The molecule has 3 rings (SSSR count). The monoisotopic (exact) mass is 239 g/mol. The van der Waals surface area contributed by atoms with Crippen molar-refractivity contribution in [3.8, 4) is 17.3 Å². The van der Waals surface area contributed by atoms with Crippen molar-refractivity contribution in [3.05, 3.63) is 30.1 Å². The maximum atomic E-state index is 11.4. The molecule has 0 aliphatic carbocycles. The van der Waals surface area contributed by atoms with E-state index in [9.17, 15) is 10.1 Å². The molecule has 2 aromatic heterocycles. The molecule has 0 aromatic carbocycles. The third-order valence-corrected chi connectivity index (χ3v) is 2.81. The standard InChI is InChI=1S/C12H9N5O/c13-6-9-11(8-2-1-4-14-7-8)16-17-5-3-10(18)15-12(9)17/h1-2,4,7H,3,5H2,(H,15,18). The van der Waals surface area contributed by atoms with Crippen molar-refractivity contribution in [3.63, 3.8) is 0 Å². The smallest absolute Gasteiger partial charge is 0.227 e. The van der Waals surface area contributed by atoms with Gasteiger partial charge in [0.1, 0.15) is 23.1 Å². The van der Waals surface area contributed by atoms with Crippen molar-refractivity contribution in [2.24, 2.45) is 0 Å². The molecule has 0 unspecified atom stereocenters. The summed E-state index contributed by atoms with van der Waals surface area (Å²) in [5.74, 6) is 0.393. The van der Waals surface area contributed by atoms with Crippen LogP contribution in [0.1, 0.15) is 12.0 Å². The van der Waals surface area contributed by atoms with Crippen molar-refractivity contribution >= 4 is 11.7 Å². The van der Waals surface area contributed by atoms with Crippen LogP contribution in [0, 0.1) is 11.3 Å². The summed E-state index contributed by atoms with van der Waals surface area (Å²) in [7, 11) is 0. The van der Waals surface area contributed by atoms with Gasteiger partial charge in [0.25, 0.3) is 0 Å². The SMILES string of the molecule is N#Cc1c(-c2cccnc2)nn2c1NC(=O)CC2. The molecule has 3 heterocycles. The van der Waals surface area contributed by atoms with Crippen molar-refractivity contribution < 1.29 is 4.79 Å². The van der Waals surface area contributed by atoms with Gasteiger partial charge in [-0.15, -0.1) is 0 Å². The molecule has 1 N–H and O–H groups in total. The number of carbonyl (C=O) groups excluding carboxylic acids is 1. The van der Waals surface area contributed by atoms with E-state index in [0.717, 1.165) is 5.56 Å². The zero-order chi connectivity index (χ0) is 12.5. The first-order chi connectivity index (χ1) is 8.79. The molecule has 0 spiro atoms. The molecule has 6 nitrogen and oxygen atoms in total. The maximum Gasteiger partial charge on any atom is 0.227 e. The number of fused-ring (bicyclic) bond motifs is 1. The highest BCUT2D eigenvalue weighted by Gasteiger charge is 2.24. The summed E-state index contributed by atoms with van der Waals surface area (Å²) in [4.78, 5) is 15.4. The predicted octanol–water partition coefficient (Wildman–Crippen LogP) is 1.16. The number of nitrogens with zero attached hydrogens (tertiary/aromatic N) is 4. The van der Waals surface area contributed by atoms with Gasteiger partial charge in [0, 0.05) is 24.4 Å². The Bertz CT molecular complexity index is 653. The second-order valence-corrected chi connectivity index (χ2v) is 3.95. The first-order valence-corrected chi connectivity index (χ1v) is 5.51. The fraction of sp³-hybridized carbons (Fsp3) is 0.167. The van der Waals surface area contributed by atoms with E-state index in [1.807, 2.05) is 6.07 Å². The van der Waals surface area contributed by atoms with E-state index < -0.39 is 0 Å². The number of carbonyl (C=O) groups is 1. The van der Waals surface area contributed by atoms with Crippen LogP contribution in [0.2, 0.25) is 0 Å². The van der Waals surface area contributed by atoms with Gasteiger partial charge < -0.3 is 5.32 Å². The fourth-order valence-corrected chi connectivity index (χ4v) is 1.96. The van der Waals surface area contributed by atoms with Crippen LogP contribution in [-0.4, -0.2) is 20.7 Å². The number of hydrogen-bond acceptors (Lipinski definition) is 4. The second kappa shape index (κ2) is 3.96. The number of hydrogen-bond donors (Lipinski definition) is 1. The Balaban J connectivity index is 2.18. The average molecular weight is 239 g/mol. The van der Waals surface area contributed by atoms with E-state index >= 15 is 0 Å². The number of pyridine rings is 1. The van der Waals surface area contributed by atoms with Gasteiger partial charge in [-0.3, -0.25) is 9.78 Å². The molecule has 0 atom stereocenters. The summed E-state index contributed by atoms with van der Waals surface area (Å²) in [5, 5.41) is 16.3. The molecular formula is C12H9N5O. The molecule has 1 amide bonds. The molecular weight excluding hydrogens is 230 g/mol. The average Bonchev–Trinajstić information content (AvgIpc) is 2.77. The van der Waals surface area contributed by atoms with E-state index in [1.54, 1.807) is 23.1 Å². The molecule has 6 heteroatoms. The molecule has 0 saturated carbocycles. The third-order valence-electron chi connectivity index (χ3n) is 2.81. The van der Waals surface area contributed by atoms with Crippen LogP contribution in [0.4, 0.5) is 5.82 Å². The van der Waals surface area contributed by atoms with Gasteiger partial charge in [-0.1, -0.05) is 0 Å². The van der Waals surface area contributed by atoms with Gasteiger partial charge >= 0.3 is 0 Å². The molecule has 1 aliphatic heterocycles. The van der Waals surface area contributed by atoms with Crippen LogP contribution in [0.25, 0.3) is 11.3 Å². The third kappa shape index (κ3) is 1.53. The van der Waals surface area contributed by atoms with Crippen LogP contribution in [0.15, 0.2) is 24.5 Å². The highest BCUT2D eigenvalue weighted by atomic mass is 16.1. The highest BCUT2D eigenvalue weighted by Crippen LogP contribution is 2.29. The van der Waals surface area contributed by atoms with Gasteiger partial charge in [-0.05, 0) is 12.1 Å². The molecule has 2 aromatic rings. The molecule has 0 radical (unpaired) electrons. The second-order valence-electron chi connectivity index (χ2n) is 3.95. The van der Waals surface area contributed by atoms with E-state index in [4.69, 9.17) is 0 Å². The Morgan fingerprint density at radius 2 is 2.39 bits per heavy atom. The van der Waals surface area contributed by atoms with E-state index in [2.05, 4.69) is 21.5 Å². The number of aryl methyl sites for hydroxylation is 1. The summed E-state index contributed by atoms with van der Waals surface area (Å²) in [5.41, 5.74) is 1.71. The fourth-order valence-electron chi connectivity index (χ4n) is 1.96. The Hall–Kier alpha value is -2.68. The minimum Gasteiger partial charge on any atom is -0.310 e. The van der Waals surface area contributed by atoms with Crippen LogP contribution in [0.5, 0.6) is 0 Å².